The lowest BCUT2D eigenvalue weighted by atomic mass is 9.96. The van der Waals surface area contributed by atoms with E-state index in [1.54, 1.807) is 18.4 Å². The molecule has 6 heteroatoms. The van der Waals surface area contributed by atoms with Crippen LogP contribution in [-0.4, -0.2) is 7.11 Å². The van der Waals surface area contributed by atoms with Crippen molar-refractivity contribution in [2.75, 3.05) is 7.11 Å². The highest BCUT2D eigenvalue weighted by Gasteiger charge is 2.29. The molecule has 1 aliphatic rings. The number of nitrogens with two attached hydrogens (primary N) is 1. The fraction of sp³-hybridized carbons (Fsp3) is 0.286. The molecule has 1 aromatic heterocycles. The first-order valence-electron chi connectivity index (χ1n) is 6.13. The van der Waals surface area contributed by atoms with Gasteiger partial charge in [0.25, 0.3) is 0 Å². The van der Waals surface area contributed by atoms with E-state index in [4.69, 9.17) is 15.2 Å². The topological polar surface area (TPSA) is 44.5 Å². The van der Waals surface area contributed by atoms with E-state index >= 15 is 0 Å². The quantitative estimate of drug-likeness (QED) is 0.761. The molecule has 0 spiro atoms. The van der Waals surface area contributed by atoms with Crippen LogP contribution >= 0.6 is 43.2 Å². The summed E-state index contributed by atoms with van der Waals surface area (Å²) in [6.45, 7) is 0. The summed E-state index contributed by atoms with van der Waals surface area (Å²) >= 11 is 8.69. The van der Waals surface area contributed by atoms with Crippen molar-refractivity contribution in [3.63, 3.8) is 0 Å². The average Bonchev–Trinajstić information content (AvgIpc) is 2.78. The summed E-state index contributed by atoms with van der Waals surface area (Å²) in [4.78, 5) is 1.16. The van der Waals surface area contributed by atoms with Crippen molar-refractivity contribution in [1.29, 1.82) is 0 Å². The summed E-state index contributed by atoms with van der Waals surface area (Å²) in [6, 6.07) is 7.86. The van der Waals surface area contributed by atoms with Gasteiger partial charge in [-0.15, -0.1) is 11.3 Å². The molecular formula is C14H13Br2NO2S. The second-order valence-corrected chi connectivity index (χ2v) is 7.88. The van der Waals surface area contributed by atoms with Crippen LogP contribution in [0.3, 0.4) is 0 Å². The number of thiophene rings is 1. The third kappa shape index (κ3) is 2.62. The molecule has 2 N–H and O–H groups in total. The van der Waals surface area contributed by atoms with E-state index in [0.717, 1.165) is 36.6 Å². The number of hydrogen-bond acceptors (Lipinski definition) is 4. The molecule has 3 nitrogen and oxygen atoms in total. The summed E-state index contributed by atoms with van der Waals surface area (Å²) in [5.41, 5.74) is 7.31. The van der Waals surface area contributed by atoms with Crippen molar-refractivity contribution >= 4 is 43.2 Å². The largest absolute Gasteiger partial charge is 0.497 e. The maximum atomic E-state index is 6.27. The van der Waals surface area contributed by atoms with E-state index in [0.29, 0.717) is 0 Å². The van der Waals surface area contributed by atoms with Crippen LogP contribution in [0, 0.1) is 0 Å². The minimum atomic E-state index is -0.0192. The molecule has 1 aromatic carbocycles. The monoisotopic (exact) mass is 417 g/mol. The van der Waals surface area contributed by atoms with Gasteiger partial charge in [0, 0.05) is 33.4 Å². The van der Waals surface area contributed by atoms with Gasteiger partial charge in [-0.2, -0.15) is 0 Å². The molecule has 0 aliphatic carbocycles. The Hall–Kier alpha value is -0.560. The van der Waals surface area contributed by atoms with Crippen LogP contribution in [-0.2, 0) is 0 Å². The van der Waals surface area contributed by atoms with Crippen LogP contribution < -0.4 is 15.2 Å². The van der Waals surface area contributed by atoms with Gasteiger partial charge in [-0.25, -0.2) is 0 Å². The molecule has 0 saturated heterocycles. The zero-order valence-corrected chi connectivity index (χ0v) is 14.7. The molecular weight excluding hydrogens is 406 g/mol. The summed E-state index contributed by atoms with van der Waals surface area (Å²) in [5, 5.41) is 0. The summed E-state index contributed by atoms with van der Waals surface area (Å²) in [5.74, 6) is 1.60. The third-order valence-corrected chi connectivity index (χ3v) is 6.69. The fourth-order valence-corrected chi connectivity index (χ4v) is 4.44. The number of ether oxygens (including phenoxy) is 2. The van der Waals surface area contributed by atoms with E-state index in [1.165, 1.54) is 0 Å². The molecule has 1 unspecified atom stereocenters. The Morgan fingerprint density at radius 2 is 2.15 bits per heavy atom. The van der Waals surface area contributed by atoms with E-state index < -0.39 is 0 Å². The van der Waals surface area contributed by atoms with Crippen LogP contribution in [0.5, 0.6) is 11.5 Å². The lowest BCUT2D eigenvalue weighted by Gasteiger charge is -2.30. The van der Waals surface area contributed by atoms with Crippen LogP contribution in [0.1, 0.15) is 29.0 Å². The minimum absolute atomic E-state index is 0.0165. The SMILES string of the molecule is COc1ccc2c(c1)OC(c1cc(Br)c(Br)s1)C[C@H]2N. The van der Waals surface area contributed by atoms with Crippen LogP contribution in [0.25, 0.3) is 0 Å². The average molecular weight is 419 g/mol. The first kappa shape index (κ1) is 14.4. The lowest BCUT2D eigenvalue weighted by Crippen LogP contribution is -2.23. The minimum Gasteiger partial charge on any atom is -0.497 e. The number of halogens is 2. The molecule has 3 rings (SSSR count). The molecule has 2 aromatic rings. The molecule has 106 valence electrons. The predicted molar refractivity (Wildman–Crippen MR) is 87.6 cm³/mol. The second-order valence-electron chi connectivity index (χ2n) is 4.62. The van der Waals surface area contributed by atoms with Gasteiger partial charge in [-0.3, -0.25) is 0 Å². The van der Waals surface area contributed by atoms with Gasteiger partial charge in [0.05, 0.1) is 10.9 Å². The molecule has 0 saturated carbocycles. The Bertz CT molecular complexity index is 625. The van der Waals surface area contributed by atoms with E-state index in [1.807, 2.05) is 18.2 Å². The molecule has 0 amide bonds. The Labute approximate surface area is 138 Å². The van der Waals surface area contributed by atoms with Gasteiger partial charge in [0.1, 0.15) is 17.6 Å². The van der Waals surface area contributed by atoms with Crippen molar-refractivity contribution in [3.8, 4) is 11.5 Å². The van der Waals surface area contributed by atoms with Gasteiger partial charge in [-0.05, 0) is 44.0 Å². The molecule has 0 radical (unpaired) electrons. The molecule has 2 atom stereocenters. The van der Waals surface area contributed by atoms with Crippen molar-refractivity contribution in [3.05, 3.63) is 43.0 Å². The van der Waals surface area contributed by atoms with Crippen LogP contribution in [0.4, 0.5) is 0 Å². The number of benzene rings is 1. The van der Waals surface area contributed by atoms with Gasteiger partial charge >= 0.3 is 0 Å². The van der Waals surface area contributed by atoms with Gasteiger partial charge in [0.15, 0.2) is 0 Å². The molecule has 0 bridgehead atoms. The maximum Gasteiger partial charge on any atom is 0.135 e. The van der Waals surface area contributed by atoms with Crippen molar-refractivity contribution in [1.82, 2.24) is 0 Å². The zero-order chi connectivity index (χ0) is 14.3. The van der Waals surface area contributed by atoms with Crippen molar-refractivity contribution < 1.29 is 9.47 Å². The summed E-state index contributed by atoms with van der Waals surface area (Å²) in [6.07, 6.45) is 0.760. The normalized spacial score (nSPS) is 21.2. The Morgan fingerprint density at radius 1 is 1.35 bits per heavy atom. The first-order chi connectivity index (χ1) is 9.58. The van der Waals surface area contributed by atoms with E-state index in [-0.39, 0.29) is 12.1 Å². The molecule has 0 fully saturated rings. The van der Waals surface area contributed by atoms with Gasteiger partial charge < -0.3 is 15.2 Å². The van der Waals surface area contributed by atoms with Crippen molar-refractivity contribution in [2.24, 2.45) is 5.73 Å². The van der Waals surface area contributed by atoms with Crippen LogP contribution in [0.2, 0.25) is 0 Å². The number of fused-ring (bicyclic) bond motifs is 1. The van der Waals surface area contributed by atoms with E-state index in [2.05, 4.69) is 37.9 Å². The standard InChI is InChI=1S/C14H13Br2NO2S/c1-18-7-2-3-8-10(17)6-12(19-11(8)4-7)13-5-9(15)14(16)20-13/h2-5,10,12H,6,17H2,1H3/t10-,12?/m1/s1. The second kappa shape index (κ2) is 5.67. The highest BCUT2D eigenvalue weighted by Crippen LogP contribution is 2.45. The van der Waals surface area contributed by atoms with Crippen LogP contribution in [0.15, 0.2) is 32.5 Å². The number of hydrogen-bond donors (Lipinski definition) is 1. The molecule has 1 aliphatic heterocycles. The number of methoxy groups -OCH3 is 1. The Balaban J connectivity index is 1.94. The first-order valence-corrected chi connectivity index (χ1v) is 8.53. The third-order valence-electron chi connectivity index (χ3n) is 3.34. The summed E-state index contributed by atoms with van der Waals surface area (Å²) < 4.78 is 13.5. The fourth-order valence-electron chi connectivity index (χ4n) is 2.31. The predicted octanol–water partition coefficient (Wildman–Crippen LogP) is 4.81. The highest BCUT2D eigenvalue weighted by molar-refractivity contribution is 9.13. The maximum absolute atomic E-state index is 6.27. The van der Waals surface area contributed by atoms with Gasteiger partial charge in [-0.1, -0.05) is 6.07 Å². The van der Waals surface area contributed by atoms with E-state index in [9.17, 15) is 0 Å². The smallest absolute Gasteiger partial charge is 0.135 e. The Kier molecular flexibility index (Phi) is 4.08. The number of rotatable bonds is 2. The summed E-state index contributed by atoms with van der Waals surface area (Å²) in [7, 11) is 1.65. The molecule has 2 heterocycles. The zero-order valence-electron chi connectivity index (χ0n) is 10.7. The highest BCUT2D eigenvalue weighted by atomic mass is 79.9. The van der Waals surface area contributed by atoms with Crippen molar-refractivity contribution in [2.45, 2.75) is 18.6 Å². The van der Waals surface area contributed by atoms with Gasteiger partial charge in [0.2, 0.25) is 0 Å². The lowest BCUT2D eigenvalue weighted by molar-refractivity contribution is 0.164. The Morgan fingerprint density at radius 3 is 2.80 bits per heavy atom. The molecule has 20 heavy (non-hydrogen) atoms.